The van der Waals surface area contributed by atoms with Crippen LogP contribution in [0.15, 0.2) is 18.2 Å². The molecule has 1 aliphatic rings. The van der Waals surface area contributed by atoms with Gasteiger partial charge < -0.3 is 11.1 Å². The third-order valence-corrected chi connectivity index (χ3v) is 3.54. The van der Waals surface area contributed by atoms with Gasteiger partial charge in [-0.15, -0.1) is 0 Å². The van der Waals surface area contributed by atoms with Gasteiger partial charge in [0.1, 0.15) is 0 Å². The van der Waals surface area contributed by atoms with Crippen molar-refractivity contribution in [1.29, 1.82) is 0 Å². The zero-order valence-electron chi connectivity index (χ0n) is 9.87. The Bertz CT molecular complexity index is 433. The van der Waals surface area contributed by atoms with Gasteiger partial charge in [0.15, 0.2) is 0 Å². The van der Waals surface area contributed by atoms with Crippen molar-refractivity contribution < 1.29 is 4.79 Å². The lowest BCUT2D eigenvalue weighted by molar-refractivity contribution is -0.119. The molecule has 0 spiro atoms. The van der Waals surface area contributed by atoms with Crippen LogP contribution < -0.4 is 11.1 Å². The molecule has 0 aromatic heterocycles. The third-order valence-electron chi connectivity index (χ3n) is 3.30. The van der Waals surface area contributed by atoms with Gasteiger partial charge in [-0.2, -0.15) is 0 Å². The van der Waals surface area contributed by atoms with Gasteiger partial charge in [0.25, 0.3) is 0 Å². The van der Waals surface area contributed by atoms with E-state index in [1.165, 1.54) is 0 Å². The molecule has 17 heavy (non-hydrogen) atoms. The van der Waals surface area contributed by atoms with Crippen LogP contribution in [0.2, 0.25) is 5.02 Å². The highest BCUT2D eigenvalue weighted by Crippen LogP contribution is 2.27. The molecule has 0 bridgehead atoms. The monoisotopic (exact) mass is 252 g/mol. The lowest BCUT2D eigenvalue weighted by Gasteiger charge is -2.12. The number of hydrogen-bond acceptors (Lipinski definition) is 2. The van der Waals surface area contributed by atoms with E-state index in [9.17, 15) is 4.79 Å². The fourth-order valence-electron chi connectivity index (χ4n) is 2.22. The molecule has 1 saturated carbocycles. The molecule has 1 aromatic carbocycles. The van der Waals surface area contributed by atoms with Crippen LogP contribution in [-0.2, 0) is 4.79 Å². The molecule has 92 valence electrons. The van der Waals surface area contributed by atoms with Crippen LogP contribution in [0.4, 0.5) is 5.69 Å². The SMILES string of the molecule is Cc1ccc(Cl)cc1NC(=O)C1CCC(N)C1. The predicted molar refractivity (Wildman–Crippen MR) is 70.1 cm³/mol. The van der Waals surface area contributed by atoms with Gasteiger partial charge in [-0.05, 0) is 43.9 Å². The van der Waals surface area contributed by atoms with Gasteiger partial charge in [-0.1, -0.05) is 17.7 Å². The van der Waals surface area contributed by atoms with Crippen LogP contribution in [0.5, 0.6) is 0 Å². The summed E-state index contributed by atoms with van der Waals surface area (Å²) in [6.45, 7) is 1.95. The fourth-order valence-corrected chi connectivity index (χ4v) is 2.39. The van der Waals surface area contributed by atoms with E-state index in [1.54, 1.807) is 6.07 Å². The topological polar surface area (TPSA) is 55.1 Å². The maximum Gasteiger partial charge on any atom is 0.227 e. The number of nitrogens with one attached hydrogen (secondary N) is 1. The van der Waals surface area contributed by atoms with Crippen molar-refractivity contribution in [1.82, 2.24) is 0 Å². The molecule has 2 atom stereocenters. The van der Waals surface area contributed by atoms with Crippen LogP contribution in [0.1, 0.15) is 24.8 Å². The number of carbonyl (C=O) groups is 1. The number of aryl methyl sites for hydroxylation is 1. The number of amides is 1. The largest absolute Gasteiger partial charge is 0.328 e. The minimum absolute atomic E-state index is 0.0448. The highest BCUT2D eigenvalue weighted by molar-refractivity contribution is 6.31. The summed E-state index contributed by atoms with van der Waals surface area (Å²) in [6, 6.07) is 5.67. The van der Waals surface area contributed by atoms with Gasteiger partial charge in [-0.25, -0.2) is 0 Å². The van der Waals surface area contributed by atoms with Crippen molar-refractivity contribution >= 4 is 23.2 Å². The van der Waals surface area contributed by atoms with Crippen molar-refractivity contribution in [2.75, 3.05) is 5.32 Å². The van der Waals surface area contributed by atoms with Crippen molar-refractivity contribution in [3.63, 3.8) is 0 Å². The number of hydrogen-bond donors (Lipinski definition) is 2. The maximum atomic E-state index is 12.0. The first-order valence-electron chi connectivity index (χ1n) is 5.89. The Morgan fingerprint density at radius 3 is 2.88 bits per heavy atom. The van der Waals surface area contributed by atoms with Gasteiger partial charge in [0, 0.05) is 22.7 Å². The predicted octanol–water partition coefficient (Wildman–Crippen LogP) is 2.71. The Kier molecular flexibility index (Phi) is 3.69. The summed E-state index contributed by atoms with van der Waals surface area (Å²) in [5.74, 6) is 0.103. The molecule has 3 N–H and O–H groups in total. The number of nitrogens with two attached hydrogens (primary N) is 1. The Morgan fingerprint density at radius 2 is 2.24 bits per heavy atom. The summed E-state index contributed by atoms with van der Waals surface area (Å²) in [4.78, 5) is 12.0. The van der Waals surface area contributed by atoms with E-state index in [1.807, 2.05) is 19.1 Å². The Labute approximate surface area is 106 Å². The minimum atomic E-state index is 0.0448. The van der Waals surface area contributed by atoms with Gasteiger partial charge in [-0.3, -0.25) is 4.79 Å². The quantitative estimate of drug-likeness (QED) is 0.850. The second-order valence-corrected chi connectivity index (χ2v) is 5.15. The van der Waals surface area contributed by atoms with Crippen molar-refractivity contribution in [2.45, 2.75) is 32.2 Å². The molecule has 2 unspecified atom stereocenters. The molecule has 0 saturated heterocycles. The highest BCUT2D eigenvalue weighted by Gasteiger charge is 2.27. The van der Waals surface area contributed by atoms with E-state index >= 15 is 0 Å². The molecule has 4 heteroatoms. The van der Waals surface area contributed by atoms with Gasteiger partial charge >= 0.3 is 0 Å². The fraction of sp³-hybridized carbons (Fsp3) is 0.462. The lowest BCUT2D eigenvalue weighted by Crippen LogP contribution is -2.23. The second-order valence-electron chi connectivity index (χ2n) is 4.72. The molecule has 3 nitrogen and oxygen atoms in total. The Hall–Kier alpha value is -1.06. The summed E-state index contributed by atoms with van der Waals surface area (Å²) in [5.41, 5.74) is 7.62. The smallest absolute Gasteiger partial charge is 0.227 e. The van der Waals surface area contributed by atoms with Crippen LogP contribution in [0, 0.1) is 12.8 Å². The maximum absolute atomic E-state index is 12.0. The van der Waals surface area contributed by atoms with Crippen LogP contribution in [-0.4, -0.2) is 11.9 Å². The molecule has 1 aromatic rings. The van der Waals surface area contributed by atoms with E-state index in [0.717, 1.165) is 30.5 Å². The highest BCUT2D eigenvalue weighted by atomic mass is 35.5. The van der Waals surface area contributed by atoms with Gasteiger partial charge in [0.05, 0.1) is 0 Å². The molecule has 2 rings (SSSR count). The normalized spacial score (nSPS) is 23.7. The van der Waals surface area contributed by atoms with Gasteiger partial charge in [0.2, 0.25) is 5.91 Å². The molecule has 1 amide bonds. The Balaban J connectivity index is 2.05. The zero-order valence-corrected chi connectivity index (χ0v) is 10.6. The third kappa shape index (κ3) is 2.99. The number of halogens is 1. The summed E-state index contributed by atoms with van der Waals surface area (Å²) in [7, 11) is 0. The van der Waals surface area contributed by atoms with Crippen LogP contribution in [0.25, 0.3) is 0 Å². The first-order valence-corrected chi connectivity index (χ1v) is 6.26. The Morgan fingerprint density at radius 1 is 1.47 bits per heavy atom. The van der Waals surface area contributed by atoms with Crippen molar-refractivity contribution in [3.05, 3.63) is 28.8 Å². The summed E-state index contributed by atoms with van der Waals surface area (Å²) >= 11 is 5.91. The molecule has 0 heterocycles. The lowest BCUT2D eigenvalue weighted by atomic mass is 10.1. The summed E-state index contributed by atoms with van der Waals surface area (Å²) < 4.78 is 0. The van der Waals surface area contributed by atoms with E-state index in [0.29, 0.717) is 5.02 Å². The number of benzene rings is 1. The average molecular weight is 253 g/mol. The standard InChI is InChI=1S/C13H17ClN2O/c1-8-2-4-10(14)7-12(8)16-13(17)9-3-5-11(15)6-9/h2,4,7,9,11H,3,5-6,15H2,1H3,(H,16,17). The van der Waals surface area contributed by atoms with E-state index in [2.05, 4.69) is 5.32 Å². The van der Waals surface area contributed by atoms with Crippen molar-refractivity contribution in [2.24, 2.45) is 11.7 Å². The van der Waals surface area contributed by atoms with E-state index < -0.39 is 0 Å². The molecule has 0 radical (unpaired) electrons. The van der Waals surface area contributed by atoms with Crippen LogP contribution in [0.3, 0.4) is 0 Å². The van der Waals surface area contributed by atoms with E-state index in [-0.39, 0.29) is 17.9 Å². The summed E-state index contributed by atoms with van der Waals surface area (Å²) in [6.07, 6.45) is 2.60. The minimum Gasteiger partial charge on any atom is -0.328 e. The van der Waals surface area contributed by atoms with Crippen molar-refractivity contribution in [3.8, 4) is 0 Å². The van der Waals surface area contributed by atoms with Crippen LogP contribution >= 0.6 is 11.6 Å². The van der Waals surface area contributed by atoms with E-state index in [4.69, 9.17) is 17.3 Å². The summed E-state index contributed by atoms with van der Waals surface area (Å²) in [5, 5.41) is 3.57. The molecular weight excluding hydrogens is 236 g/mol. The molecule has 1 aliphatic carbocycles. The zero-order chi connectivity index (χ0) is 12.4. The first-order chi connectivity index (χ1) is 8.06. The molecule has 0 aliphatic heterocycles. The first kappa shape index (κ1) is 12.4. The molecular formula is C13H17ClN2O. The second kappa shape index (κ2) is 5.07. The number of carbonyl (C=O) groups excluding carboxylic acids is 1. The average Bonchev–Trinajstić information content (AvgIpc) is 2.70. The molecule has 1 fully saturated rings. The number of anilines is 1. The number of rotatable bonds is 2.